The molecule has 0 aliphatic heterocycles. The highest BCUT2D eigenvalue weighted by Crippen LogP contribution is 2.25. The summed E-state index contributed by atoms with van der Waals surface area (Å²) in [5.41, 5.74) is 3.36. The number of benzene rings is 2. The Labute approximate surface area is 181 Å². The van der Waals surface area contributed by atoms with Crippen LogP contribution in [0.25, 0.3) is 17.0 Å². The first-order valence-electron chi connectivity index (χ1n) is 8.92. The first kappa shape index (κ1) is 19.5. The van der Waals surface area contributed by atoms with Crippen LogP contribution in [-0.4, -0.2) is 16.0 Å². The molecule has 0 atom stereocenters. The van der Waals surface area contributed by atoms with Gasteiger partial charge in [0.25, 0.3) is 0 Å². The van der Waals surface area contributed by atoms with Gasteiger partial charge in [-0.25, -0.2) is 4.68 Å². The van der Waals surface area contributed by atoms with Crippen LogP contribution in [-0.2, 0) is 11.4 Å². The molecule has 0 unspecified atom stereocenters. The number of nitrogens with zero attached hydrogens (tertiary/aromatic N) is 3. The van der Waals surface area contributed by atoms with Gasteiger partial charge in [0.2, 0.25) is 0 Å². The van der Waals surface area contributed by atoms with Crippen molar-refractivity contribution in [3.05, 3.63) is 93.4 Å². The van der Waals surface area contributed by atoms with Crippen molar-refractivity contribution in [3.8, 4) is 17.0 Å². The molecule has 146 valence electrons. The van der Waals surface area contributed by atoms with Gasteiger partial charge in [0, 0.05) is 10.0 Å². The number of aryl methyl sites for hydroxylation is 1. The standard InChI is InChI=1S/C22H17BrClN3O2/c1-15-20(22(24)27(26-15)18-5-3-2-4-6-18)13-25-28-14-19-11-12-21(29-19)16-7-9-17(23)10-8-16/h2-13H,14H2,1H3. The van der Waals surface area contributed by atoms with E-state index in [0.29, 0.717) is 16.5 Å². The molecule has 0 fully saturated rings. The number of hydrogen-bond acceptors (Lipinski definition) is 4. The second-order valence-corrected chi connectivity index (χ2v) is 7.59. The van der Waals surface area contributed by atoms with Crippen LogP contribution in [0, 0.1) is 6.92 Å². The van der Waals surface area contributed by atoms with Gasteiger partial charge in [-0.1, -0.05) is 63.0 Å². The fourth-order valence-corrected chi connectivity index (χ4v) is 3.40. The van der Waals surface area contributed by atoms with Gasteiger partial charge in [-0.2, -0.15) is 5.10 Å². The Morgan fingerprint density at radius 2 is 1.86 bits per heavy atom. The second-order valence-electron chi connectivity index (χ2n) is 6.32. The lowest BCUT2D eigenvalue weighted by atomic mass is 10.2. The largest absolute Gasteiger partial charge is 0.457 e. The van der Waals surface area contributed by atoms with E-state index in [1.54, 1.807) is 10.9 Å². The van der Waals surface area contributed by atoms with Crippen LogP contribution >= 0.6 is 27.5 Å². The topological polar surface area (TPSA) is 52.5 Å². The van der Waals surface area contributed by atoms with Crippen LogP contribution in [0.4, 0.5) is 0 Å². The maximum atomic E-state index is 6.47. The minimum atomic E-state index is 0.219. The smallest absolute Gasteiger partial charge is 0.174 e. The zero-order chi connectivity index (χ0) is 20.2. The van der Waals surface area contributed by atoms with Crippen molar-refractivity contribution in [2.75, 3.05) is 0 Å². The van der Waals surface area contributed by atoms with Crippen molar-refractivity contribution in [1.29, 1.82) is 0 Å². The van der Waals surface area contributed by atoms with Crippen molar-refractivity contribution >= 4 is 33.7 Å². The normalized spacial score (nSPS) is 11.3. The average molecular weight is 471 g/mol. The predicted molar refractivity (Wildman–Crippen MR) is 118 cm³/mol. The zero-order valence-corrected chi connectivity index (χ0v) is 17.9. The van der Waals surface area contributed by atoms with E-state index in [9.17, 15) is 0 Å². The quantitative estimate of drug-likeness (QED) is 0.242. The maximum Gasteiger partial charge on any atom is 0.174 e. The molecule has 0 radical (unpaired) electrons. The summed E-state index contributed by atoms with van der Waals surface area (Å²) in [6.07, 6.45) is 1.57. The Morgan fingerprint density at radius 1 is 1.10 bits per heavy atom. The molecule has 0 N–H and O–H groups in total. The summed E-state index contributed by atoms with van der Waals surface area (Å²) in [4.78, 5) is 5.39. The van der Waals surface area contributed by atoms with Crippen molar-refractivity contribution < 1.29 is 9.25 Å². The van der Waals surface area contributed by atoms with E-state index in [0.717, 1.165) is 27.2 Å². The van der Waals surface area contributed by atoms with Crippen LogP contribution in [0.3, 0.4) is 0 Å². The monoisotopic (exact) mass is 469 g/mol. The van der Waals surface area contributed by atoms with E-state index in [1.807, 2.05) is 73.7 Å². The van der Waals surface area contributed by atoms with Gasteiger partial charge in [0.1, 0.15) is 16.7 Å². The van der Waals surface area contributed by atoms with E-state index in [2.05, 4.69) is 26.2 Å². The summed E-state index contributed by atoms with van der Waals surface area (Å²) in [6.45, 7) is 2.10. The number of rotatable bonds is 6. The minimum absolute atomic E-state index is 0.219. The maximum absolute atomic E-state index is 6.47. The van der Waals surface area contributed by atoms with Crippen LogP contribution in [0.2, 0.25) is 5.15 Å². The molecule has 4 rings (SSSR count). The Kier molecular flexibility index (Phi) is 5.83. The number of hydrogen-bond donors (Lipinski definition) is 0. The lowest BCUT2D eigenvalue weighted by Crippen LogP contribution is -1.96. The Bertz CT molecular complexity index is 1130. The van der Waals surface area contributed by atoms with Gasteiger partial charge in [-0.15, -0.1) is 0 Å². The van der Waals surface area contributed by atoms with Gasteiger partial charge in [-0.3, -0.25) is 0 Å². The highest BCUT2D eigenvalue weighted by molar-refractivity contribution is 9.10. The first-order chi connectivity index (χ1) is 14.1. The molecule has 4 aromatic rings. The number of oxime groups is 1. The van der Waals surface area contributed by atoms with Crippen LogP contribution < -0.4 is 0 Å². The molecule has 0 saturated carbocycles. The molecule has 2 aromatic heterocycles. The molecule has 5 nitrogen and oxygen atoms in total. The third-order valence-electron chi connectivity index (χ3n) is 4.30. The molecular formula is C22H17BrClN3O2. The number of furan rings is 1. The summed E-state index contributed by atoms with van der Waals surface area (Å²) in [7, 11) is 0. The summed E-state index contributed by atoms with van der Waals surface area (Å²) in [5, 5.41) is 8.99. The van der Waals surface area contributed by atoms with Gasteiger partial charge in [-0.05, 0) is 43.3 Å². The highest BCUT2D eigenvalue weighted by Gasteiger charge is 2.13. The minimum Gasteiger partial charge on any atom is -0.457 e. The lowest BCUT2D eigenvalue weighted by Gasteiger charge is -2.01. The van der Waals surface area contributed by atoms with Crippen molar-refractivity contribution in [1.82, 2.24) is 9.78 Å². The number of halogens is 2. The fourth-order valence-electron chi connectivity index (χ4n) is 2.81. The van der Waals surface area contributed by atoms with Crippen molar-refractivity contribution in [3.63, 3.8) is 0 Å². The third kappa shape index (κ3) is 4.44. The summed E-state index contributed by atoms with van der Waals surface area (Å²) in [5.74, 6) is 1.46. The van der Waals surface area contributed by atoms with E-state index in [1.165, 1.54) is 0 Å². The summed E-state index contributed by atoms with van der Waals surface area (Å²) < 4.78 is 8.51. The predicted octanol–water partition coefficient (Wildman–Crippen LogP) is 6.41. The van der Waals surface area contributed by atoms with Gasteiger partial charge >= 0.3 is 0 Å². The van der Waals surface area contributed by atoms with Gasteiger partial charge in [0.15, 0.2) is 6.61 Å². The molecule has 0 saturated heterocycles. The molecule has 2 aromatic carbocycles. The van der Waals surface area contributed by atoms with E-state index < -0.39 is 0 Å². The molecule has 0 aliphatic carbocycles. The Hall–Kier alpha value is -2.83. The molecule has 0 spiro atoms. The highest BCUT2D eigenvalue weighted by atomic mass is 79.9. The molecule has 0 amide bonds. The fraction of sp³-hybridized carbons (Fsp3) is 0.0909. The van der Waals surface area contributed by atoms with E-state index >= 15 is 0 Å². The molecular weight excluding hydrogens is 454 g/mol. The van der Waals surface area contributed by atoms with Gasteiger partial charge < -0.3 is 9.25 Å². The van der Waals surface area contributed by atoms with Crippen molar-refractivity contribution in [2.45, 2.75) is 13.5 Å². The van der Waals surface area contributed by atoms with Crippen LogP contribution in [0.5, 0.6) is 0 Å². The SMILES string of the molecule is Cc1nn(-c2ccccc2)c(Cl)c1C=NOCc1ccc(-c2ccc(Br)cc2)o1. The number of para-hydroxylation sites is 1. The Morgan fingerprint density at radius 3 is 2.62 bits per heavy atom. The molecule has 29 heavy (non-hydrogen) atoms. The van der Waals surface area contributed by atoms with Crippen LogP contribution in [0.1, 0.15) is 17.0 Å². The average Bonchev–Trinajstić information content (AvgIpc) is 3.32. The zero-order valence-electron chi connectivity index (χ0n) is 15.5. The lowest BCUT2D eigenvalue weighted by molar-refractivity contribution is 0.116. The second kappa shape index (κ2) is 8.68. The van der Waals surface area contributed by atoms with Crippen LogP contribution in [0.15, 0.2) is 80.8 Å². The molecule has 2 heterocycles. The summed E-state index contributed by atoms with van der Waals surface area (Å²) in [6, 6.07) is 21.4. The first-order valence-corrected chi connectivity index (χ1v) is 10.1. The Balaban J connectivity index is 1.41. The third-order valence-corrected chi connectivity index (χ3v) is 5.19. The van der Waals surface area contributed by atoms with E-state index in [4.69, 9.17) is 20.9 Å². The van der Waals surface area contributed by atoms with E-state index in [-0.39, 0.29) is 6.61 Å². The van der Waals surface area contributed by atoms with Gasteiger partial charge in [0.05, 0.1) is 23.2 Å². The summed E-state index contributed by atoms with van der Waals surface area (Å²) >= 11 is 9.90. The molecule has 0 bridgehead atoms. The van der Waals surface area contributed by atoms with Crippen molar-refractivity contribution in [2.24, 2.45) is 5.16 Å². The number of aromatic nitrogens is 2. The molecule has 7 heteroatoms. The molecule has 0 aliphatic rings.